The molecule has 0 spiro atoms. The molecule has 0 saturated heterocycles. The summed E-state index contributed by atoms with van der Waals surface area (Å²) in [6.07, 6.45) is 0. The van der Waals surface area contributed by atoms with E-state index in [0.29, 0.717) is 11.4 Å². The molecular weight excluding hydrogens is 681 g/mol. The topological polar surface area (TPSA) is 10.9 Å². The molecule has 2 aromatic heterocycles. The predicted octanol–water partition coefficient (Wildman–Crippen LogP) is 14.4. The first-order valence-electron chi connectivity index (χ1n) is 18.4. The Kier molecular flexibility index (Phi) is 6.92. The van der Waals surface area contributed by atoms with Crippen molar-refractivity contribution in [3.63, 3.8) is 0 Å². The van der Waals surface area contributed by atoms with Crippen LogP contribution in [0.2, 0.25) is 0 Å². The molecule has 0 unspecified atom stereocenters. The van der Waals surface area contributed by atoms with Crippen molar-refractivity contribution in [3.8, 4) is 0 Å². The number of hydrogen-bond acceptors (Lipinski definition) is 2. The van der Waals surface area contributed by atoms with Crippen LogP contribution in [-0.2, 0) is 0 Å². The predicted molar refractivity (Wildman–Crippen MR) is 225 cm³/mol. The van der Waals surface area contributed by atoms with Crippen LogP contribution in [0.1, 0.15) is 0 Å². The molecule has 9 aromatic carbocycles. The van der Waals surface area contributed by atoms with Gasteiger partial charge in [-0.1, -0.05) is 91.0 Å². The summed E-state index contributed by atoms with van der Waals surface area (Å²) in [6, 6.07) is 62.1. The highest BCUT2D eigenvalue weighted by atomic mass is 19.1. The van der Waals surface area contributed by atoms with Gasteiger partial charge in [-0.25, -0.2) is 8.78 Å². The fourth-order valence-electron chi connectivity index (χ4n) is 8.49. The maximum atomic E-state index is 15.4. The minimum atomic E-state index is -0.284. The summed E-state index contributed by atoms with van der Waals surface area (Å²) in [4.78, 5) is 3.95. The Balaban J connectivity index is 1.13. The standard InChI is InChI=1S/C50H31F2N3/c51-44-18-7-9-20-46(44)53(36-12-3-1-4-13-36)38-24-22-32-28-42-40-16-11-17-41-43-29-33-23-25-39(54(37-14-5-2-6-15-37)47-21-10-8-19-45(47)52)27-35(33)31-49(43)55(50(40)41)48(42)30-34(32)26-38/h1-31H. The molecule has 5 heteroatoms. The quantitative estimate of drug-likeness (QED) is 0.170. The van der Waals surface area contributed by atoms with E-state index in [1.165, 1.54) is 39.2 Å². The van der Waals surface area contributed by atoms with E-state index in [2.05, 4.69) is 83.3 Å². The number of anilines is 6. The van der Waals surface area contributed by atoms with Crippen molar-refractivity contribution in [3.05, 3.63) is 200 Å². The van der Waals surface area contributed by atoms with Crippen molar-refractivity contribution < 1.29 is 8.78 Å². The lowest BCUT2D eigenvalue weighted by Gasteiger charge is -2.26. The zero-order valence-corrected chi connectivity index (χ0v) is 29.5. The lowest BCUT2D eigenvalue weighted by molar-refractivity contribution is 0.628. The van der Waals surface area contributed by atoms with Gasteiger partial charge in [0.25, 0.3) is 0 Å². The van der Waals surface area contributed by atoms with Crippen molar-refractivity contribution in [2.45, 2.75) is 0 Å². The molecule has 0 bridgehead atoms. The second kappa shape index (κ2) is 12.2. The van der Waals surface area contributed by atoms with Crippen LogP contribution in [0, 0.1) is 11.6 Å². The van der Waals surface area contributed by atoms with E-state index in [-0.39, 0.29) is 11.6 Å². The summed E-state index contributed by atoms with van der Waals surface area (Å²) in [5.41, 5.74) is 7.89. The Hall–Kier alpha value is -7.24. The normalized spacial score (nSPS) is 11.8. The molecule has 0 atom stereocenters. The number of nitrogens with zero attached hydrogens (tertiary/aromatic N) is 3. The smallest absolute Gasteiger partial charge is 0.147 e. The summed E-state index contributed by atoms with van der Waals surface area (Å²) in [5.74, 6) is -0.568. The second-order valence-corrected chi connectivity index (χ2v) is 14.1. The van der Waals surface area contributed by atoms with E-state index < -0.39 is 0 Å². The number of benzene rings is 9. The molecular formula is C50H31F2N3. The van der Waals surface area contributed by atoms with Crippen molar-refractivity contribution in [2.75, 3.05) is 9.80 Å². The van der Waals surface area contributed by atoms with Crippen molar-refractivity contribution >= 4 is 93.8 Å². The van der Waals surface area contributed by atoms with E-state index in [1.807, 2.05) is 94.7 Å². The van der Waals surface area contributed by atoms with Gasteiger partial charge in [-0.15, -0.1) is 0 Å². The third kappa shape index (κ3) is 4.87. The highest BCUT2D eigenvalue weighted by Gasteiger charge is 2.21. The lowest BCUT2D eigenvalue weighted by atomic mass is 10.0. The molecule has 11 aromatic rings. The van der Waals surface area contributed by atoms with Gasteiger partial charge >= 0.3 is 0 Å². The zero-order chi connectivity index (χ0) is 36.6. The zero-order valence-electron chi connectivity index (χ0n) is 29.5. The van der Waals surface area contributed by atoms with Crippen LogP contribution in [0.4, 0.5) is 42.9 Å². The van der Waals surface area contributed by atoms with E-state index in [0.717, 1.165) is 55.3 Å². The summed E-state index contributed by atoms with van der Waals surface area (Å²) in [5, 5.41) is 9.10. The molecule has 260 valence electrons. The van der Waals surface area contributed by atoms with E-state index in [4.69, 9.17) is 0 Å². The number of halogens is 2. The molecule has 0 fully saturated rings. The van der Waals surface area contributed by atoms with Crippen molar-refractivity contribution in [1.82, 2.24) is 4.40 Å². The van der Waals surface area contributed by atoms with Crippen LogP contribution in [0.3, 0.4) is 0 Å². The van der Waals surface area contributed by atoms with Gasteiger partial charge in [0.15, 0.2) is 0 Å². The SMILES string of the molecule is Fc1ccccc1N(c1ccccc1)c1ccc2cc3c4cccc5c6cc7ccc(N(c8ccccc8)c8ccccc8F)cc7cc6n(c3cc2c1)c45. The maximum Gasteiger partial charge on any atom is 0.147 e. The van der Waals surface area contributed by atoms with Gasteiger partial charge in [0.05, 0.1) is 27.9 Å². The van der Waals surface area contributed by atoms with Crippen LogP contribution >= 0.6 is 0 Å². The van der Waals surface area contributed by atoms with Gasteiger partial charge in [0, 0.05) is 44.3 Å². The number of rotatable bonds is 6. The van der Waals surface area contributed by atoms with Crippen molar-refractivity contribution in [2.24, 2.45) is 0 Å². The Bertz CT molecular complexity index is 3030. The van der Waals surface area contributed by atoms with Gasteiger partial charge in [-0.3, -0.25) is 0 Å². The average molecular weight is 712 g/mol. The number of para-hydroxylation sites is 5. The highest BCUT2D eigenvalue weighted by Crippen LogP contribution is 2.44. The van der Waals surface area contributed by atoms with Gasteiger partial charge in [0.2, 0.25) is 0 Å². The summed E-state index contributed by atoms with van der Waals surface area (Å²) >= 11 is 0. The second-order valence-electron chi connectivity index (χ2n) is 14.1. The average Bonchev–Trinajstić information content (AvgIpc) is 3.72. The van der Waals surface area contributed by atoms with Gasteiger partial charge < -0.3 is 14.2 Å². The minimum absolute atomic E-state index is 0.284. The Morgan fingerprint density at radius 1 is 0.327 bits per heavy atom. The molecule has 0 radical (unpaired) electrons. The summed E-state index contributed by atoms with van der Waals surface area (Å²) < 4.78 is 33.2. The van der Waals surface area contributed by atoms with E-state index in [1.54, 1.807) is 12.1 Å². The van der Waals surface area contributed by atoms with Crippen LogP contribution in [0.15, 0.2) is 188 Å². The van der Waals surface area contributed by atoms with Gasteiger partial charge in [-0.05, 0) is 119 Å². The monoisotopic (exact) mass is 711 g/mol. The molecule has 0 aliphatic heterocycles. The molecule has 0 aliphatic rings. The molecule has 3 nitrogen and oxygen atoms in total. The van der Waals surface area contributed by atoms with Gasteiger partial charge in [0.1, 0.15) is 11.6 Å². The van der Waals surface area contributed by atoms with Crippen LogP contribution in [0.25, 0.3) is 59.6 Å². The van der Waals surface area contributed by atoms with Crippen LogP contribution in [-0.4, -0.2) is 4.40 Å². The fourth-order valence-corrected chi connectivity index (χ4v) is 8.49. The molecule has 0 N–H and O–H groups in total. The summed E-state index contributed by atoms with van der Waals surface area (Å²) in [6.45, 7) is 0. The minimum Gasteiger partial charge on any atom is -0.308 e. The number of aromatic nitrogens is 1. The molecule has 11 rings (SSSR count). The molecule has 2 heterocycles. The number of hydrogen-bond donors (Lipinski definition) is 0. The van der Waals surface area contributed by atoms with Gasteiger partial charge in [-0.2, -0.15) is 0 Å². The first-order valence-corrected chi connectivity index (χ1v) is 18.4. The highest BCUT2D eigenvalue weighted by molar-refractivity contribution is 6.26. The Morgan fingerprint density at radius 3 is 1.22 bits per heavy atom. The molecule has 0 aliphatic carbocycles. The Morgan fingerprint density at radius 2 is 0.764 bits per heavy atom. The largest absolute Gasteiger partial charge is 0.308 e. The van der Waals surface area contributed by atoms with Crippen LogP contribution < -0.4 is 9.80 Å². The third-order valence-corrected chi connectivity index (χ3v) is 10.9. The van der Waals surface area contributed by atoms with Crippen LogP contribution in [0.5, 0.6) is 0 Å². The third-order valence-electron chi connectivity index (χ3n) is 10.9. The maximum absolute atomic E-state index is 15.4. The van der Waals surface area contributed by atoms with E-state index >= 15 is 8.78 Å². The number of fused-ring (bicyclic) bond motifs is 8. The first kappa shape index (κ1) is 31.3. The molecule has 55 heavy (non-hydrogen) atoms. The molecule has 0 amide bonds. The lowest BCUT2D eigenvalue weighted by Crippen LogP contribution is -2.11. The van der Waals surface area contributed by atoms with Crippen molar-refractivity contribution in [1.29, 1.82) is 0 Å². The first-order chi connectivity index (χ1) is 27.1. The van der Waals surface area contributed by atoms with E-state index in [9.17, 15) is 0 Å². The fraction of sp³-hybridized carbons (Fsp3) is 0. The summed E-state index contributed by atoms with van der Waals surface area (Å²) in [7, 11) is 0. The Labute approximate surface area is 315 Å². The molecule has 0 saturated carbocycles.